The fourth-order valence-corrected chi connectivity index (χ4v) is 4.26. The van der Waals surface area contributed by atoms with Crippen molar-refractivity contribution in [2.75, 3.05) is 13.1 Å². The topological polar surface area (TPSA) is 70.7 Å². The predicted molar refractivity (Wildman–Crippen MR) is 107 cm³/mol. The Morgan fingerprint density at radius 1 is 1.27 bits per heavy atom. The van der Waals surface area contributed by atoms with E-state index in [-0.39, 0.29) is 24.6 Å². The lowest BCUT2D eigenvalue weighted by atomic mass is 9.90. The molecule has 1 spiro atoms. The molecule has 2 N–H and O–H groups in total. The van der Waals surface area contributed by atoms with E-state index in [0.717, 1.165) is 10.9 Å². The highest BCUT2D eigenvalue weighted by molar-refractivity contribution is 7.09. The van der Waals surface area contributed by atoms with Gasteiger partial charge in [-0.15, -0.1) is 11.3 Å². The highest BCUT2D eigenvalue weighted by atomic mass is 32.1. The number of nitrogens with zero attached hydrogens (tertiary/aromatic N) is 1. The van der Waals surface area contributed by atoms with E-state index in [9.17, 15) is 18.4 Å². The molecule has 0 aliphatic carbocycles. The Morgan fingerprint density at radius 3 is 2.73 bits per heavy atom. The van der Waals surface area contributed by atoms with Gasteiger partial charge in [0, 0.05) is 30.8 Å². The van der Waals surface area contributed by atoms with Crippen LogP contribution in [-0.2, 0) is 16.2 Å². The minimum atomic E-state index is -0.869. The van der Waals surface area contributed by atoms with E-state index < -0.39 is 28.7 Å². The number of aryl methyl sites for hydroxylation is 1. The van der Waals surface area contributed by atoms with Gasteiger partial charge in [-0.05, 0) is 36.1 Å². The van der Waals surface area contributed by atoms with Gasteiger partial charge in [0.15, 0.2) is 0 Å². The third-order valence-electron chi connectivity index (χ3n) is 5.41. The summed E-state index contributed by atoms with van der Waals surface area (Å²) < 4.78 is 28.4. The molecule has 0 saturated carbocycles. The van der Waals surface area contributed by atoms with Crippen LogP contribution in [0.15, 0.2) is 41.4 Å². The van der Waals surface area contributed by atoms with Crippen molar-refractivity contribution in [3.63, 3.8) is 0 Å². The van der Waals surface area contributed by atoms with Crippen LogP contribution in [0.2, 0.25) is 0 Å². The first-order valence-electron chi connectivity index (χ1n) is 9.60. The first kappa shape index (κ1) is 20.5. The van der Waals surface area contributed by atoms with Crippen molar-refractivity contribution >= 4 is 23.2 Å². The Labute approximate surface area is 176 Å². The molecule has 4 rings (SSSR count). The summed E-state index contributed by atoms with van der Waals surface area (Å²) in [6.45, 7) is 2.44. The largest absolute Gasteiger partial charge is 0.346 e. The van der Waals surface area contributed by atoms with Gasteiger partial charge in [0.25, 0.3) is 11.8 Å². The molecule has 1 aromatic carbocycles. The standard InChI is InChI=1S/C21H21F2N3O3S/c1-13-4-5-15(22)17(18(13)23)20(28)26-8-6-21(7-9-26)11-16(25-29-21)19(27)24-12-14-3-2-10-30-14/h2-5,10-11,25H,6-9,12H2,1H3,(H,24,27). The van der Waals surface area contributed by atoms with Gasteiger partial charge in [0.05, 0.1) is 6.54 Å². The molecular weight excluding hydrogens is 412 g/mol. The summed E-state index contributed by atoms with van der Waals surface area (Å²) in [5.74, 6) is -2.65. The summed E-state index contributed by atoms with van der Waals surface area (Å²) in [5.41, 5.74) is 1.97. The van der Waals surface area contributed by atoms with Gasteiger partial charge in [0.1, 0.15) is 28.5 Å². The number of likely N-dealkylation sites (tertiary alicyclic amines) is 1. The molecule has 1 fully saturated rings. The third kappa shape index (κ3) is 3.95. The third-order valence-corrected chi connectivity index (χ3v) is 6.29. The number of halogens is 2. The molecule has 1 aromatic heterocycles. The summed E-state index contributed by atoms with van der Waals surface area (Å²) in [4.78, 5) is 33.2. The number of hydrogen-bond donors (Lipinski definition) is 2. The van der Waals surface area contributed by atoms with Gasteiger partial charge in [-0.1, -0.05) is 12.1 Å². The number of piperidine rings is 1. The van der Waals surface area contributed by atoms with Crippen molar-refractivity contribution in [2.45, 2.75) is 31.9 Å². The smallest absolute Gasteiger partial charge is 0.269 e. The lowest BCUT2D eigenvalue weighted by Crippen LogP contribution is -2.47. The predicted octanol–water partition coefficient (Wildman–Crippen LogP) is 3.04. The SMILES string of the molecule is Cc1ccc(F)c(C(=O)N2CCC3(C=C(C(=O)NCc4cccs4)NO3)CC2)c1F. The number of rotatable bonds is 4. The Morgan fingerprint density at radius 2 is 2.03 bits per heavy atom. The number of thiophene rings is 1. The van der Waals surface area contributed by atoms with Gasteiger partial charge < -0.3 is 10.2 Å². The normalized spacial score (nSPS) is 17.6. The van der Waals surface area contributed by atoms with Crippen LogP contribution in [0.1, 0.15) is 33.6 Å². The molecule has 158 valence electrons. The van der Waals surface area contributed by atoms with Crippen LogP contribution < -0.4 is 10.8 Å². The molecule has 2 aliphatic heterocycles. The zero-order valence-corrected chi connectivity index (χ0v) is 17.2. The second kappa shape index (κ2) is 8.16. The van der Waals surface area contributed by atoms with Crippen LogP contribution in [0, 0.1) is 18.6 Å². The Hall–Kier alpha value is -2.78. The van der Waals surface area contributed by atoms with Crippen LogP contribution in [0.3, 0.4) is 0 Å². The van der Waals surface area contributed by atoms with Crippen molar-refractivity contribution < 1.29 is 23.2 Å². The number of carbonyl (C=O) groups is 2. The maximum Gasteiger partial charge on any atom is 0.269 e. The molecule has 2 amide bonds. The molecule has 9 heteroatoms. The minimum absolute atomic E-state index is 0.220. The van der Waals surface area contributed by atoms with Crippen LogP contribution in [0.4, 0.5) is 8.78 Å². The maximum atomic E-state index is 14.3. The number of benzene rings is 1. The summed E-state index contributed by atoms with van der Waals surface area (Å²) in [7, 11) is 0. The van der Waals surface area contributed by atoms with Crippen LogP contribution >= 0.6 is 11.3 Å². The van der Waals surface area contributed by atoms with Gasteiger partial charge in [-0.2, -0.15) is 0 Å². The van der Waals surface area contributed by atoms with Crippen molar-refractivity contribution in [3.8, 4) is 0 Å². The van der Waals surface area contributed by atoms with Crippen LogP contribution in [0.5, 0.6) is 0 Å². The van der Waals surface area contributed by atoms with E-state index in [1.54, 1.807) is 17.4 Å². The highest BCUT2D eigenvalue weighted by Gasteiger charge is 2.41. The molecule has 0 atom stereocenters. The molecular formula is C21H21F2N3O3S. The van der Waals surface area contributed by atoms with Crippen molar-refractivity contribution in [1.82, 2.24) is 15.7 Å². The van der Waals surface area contributed by atoms with E-state index in [0.29, 0.717) is 25.1 Å². The average Bonchev–Trinajstić information content (AvgIpc) is 3.40. The second-order valence-corrected chi connectivity index (χ2v) is 8.47. The zero-order valence-electron chi connectivity index (χ0n) is 16.3. The minimum Gasteiger partial charge on any atom is -0.346 e. The number of amides is 2. The molecule has 0 unspecified atom stereocenters. The monoisotopic (exact) mass is 433 g/mol. The van der Waals surface area contributed by atoms with E-state index in [4.69, 9.17) is 4.84 Å². The second-order valence-electron chi connectivity index (χ2n) is 7.43. The van der Waals surface area contributed by atoms with Crippen molar-refractivity contribution in [1.29, 1.82) is 0 Å². The highest BCUT2D eigenvalue weighted by Crippen LogP contribution is 2.33. The summed E-state index contributed by atoms with van der Waals surface area (Å²) in [6.07, 6.45) is 2.54. The molecule has 0 bridgehead atoms. The Bertz CT molecular complexity index is 999. The van der Waals surface area contributed by atoms with Crippen LogP contribution in [0.25, 0.3) is 0 Å². The molecule has 2 aliphatic rings. The molecule has 2 aromatic rings. The van der Waals surface area contributed by atoms with E-state index in [2.05, 4.69) is 10.8 Å². The molecule has 3 heterocycles. The lowest BCUT2D eigenvalue weighted by Gasteiger charge is -2.36. The van der Waals surface area contributed by atoms with E-state index in [1.807, 2.05) is 17.5 Å². The van der Waals surface area contributed by atoms with Crippen molar-refractivity contribution in [2.24, 2.45) is 0 Å². The van der Waals surface area contributed by atoms with Crippen LogP contribution in [-0.4, -0.2) is 35.4 Å². The Balaban J connectivity index is 1.39. The van der Waals surface area contributed by atoms with Gasteiger partial charge in [-0.3, -0.25) is 19.9 Å². The molecule has 6 nitrogen and oxygen atoms in total. The number of hydrogen-bond acceptors (Lipinski definition) is 5. The molecule has 0 radical (unpaired) electrons. The Kier molecular flexibility index (Phi) is 5.57. The fourth-order valence-electron chi connectivity index (χ4n) is 3.61. The number of nitrogens with one attached hydrogen (secondary N) is 2. The van der Waals surface area contributed by atoms with E-state index in [1.165, 1.54) is 17.9 Å². The van der Waals surface area contributed by atoms with Gasteiger partial charge >= 0.3 is 0 Å². The first-order valence-corrected chi connectivity index (χ1v) is 10.5. The summed E-state index contributed by atoms with van der Waals surface area (Å²) >= 11 is 1.56. The quantitative estimate of drug-likeness (QED) is 0.778. The molecule has 30 heavy (non-hydrogen) atoms. The van der Waals surface area contributed by atoms with Crippen molar-refractivity contribution in [3.05, 3.63) is 69.1 Å². The molecule has 1 saturated heterocycles. The maximum absolute atomic E-state index is 14.3. The first-order chi connectivity index (χ1) is 14.4. The van der Waals surface area contributed by atoms with Gasteiger partial charge in [-0.25, -0.2) is 8.78 Å². The van der Waals surface area contributed by atoms with Gasteiger partial charge in [0.2, 0.25) is 0 Å². The zero-order chi connectivity index (χ0) is 21.3. The number of carbonyl (C=O) groups excluding carboxylic acids is 2. The summed E-state index contributed by atoms with van der Waals surface area (Å²) in [5, 5.41) is 4.77. The summed E-state index contributed by atoms with van der Waals surface area (Å²) in [6, 6.07) is 6.26. The lowest BCUT2D eigenvalue weighted by molar-refractivity contribution is -0.120. The van der Waals surface area contributed by atoms with E-state index >= 15 is 0 Å². The average molecular weight is 433 g/mol. The fraction of sp³-hybridized carbons (Fsp3) is 0.333. The number of hydroxylamine groups is 1.